The summed E-state index contributed by atoms with van der Waals surface area (Å²) in [5.41, 5.74) is 1.58. The van der Waals surface area contributed by atoms with Crippen molar-refractivity contribution < 1.29 is 4.79 Å². The topological polar surface area (TPSA) is 47.8 Å². The van der Waals surface area contributed by atoms with Crippen LogP contribution in [0.25, 0.3) is 0 Å². The molecule has 0 atom stereocenters. The first-order chi connectivity index (χ1) is 8.16. The van der Waals surface area contributed by atoms with Gasteiger partial charge in [-0.25, -0.2) is 0 Å². The minimum Gasteiger partial charge on any atom is -0.294 e. The average Bonchev–Trinajstić information content (AvgIpc) is 2.73. The van der Waals surface area contributed by atoms with Crippen LogP contribution in [-0.2, 0) is 13.5 Å². The summed E-state index contributed by atoms with van der Waals surface area (Å²) in [7, 11) is 1.85. The third-order valence-corrected chi connectivity index (χ3v) is 2.77. The summed E-state index contributed by atoms with van der Waals surface area (Å²) in [5, 5.41) is 4.46. The number of rotatable bonds is 4. The Morgan fingerprint density at radius 1 is 1.47 bits per heavy atom. The SMILES string of the molecule is Cn1cc(CCC(=O)c2ccncc2Cl)cn1. The van der Waals surface area contributed by atoms with Gasteiger partial charge in [0, 0.05) is 37.6 Å². The Balaban J connectivity index is 2.01. The number of Topliss-reactive ketones (excluding diaryl/α,β-unsaturated/α-hetero) is 1. The fourth-order valence-electron chi connectivity index (χ4n) is 1.59. The fraction of sp³-hybridized carbons (Fsp3) is 0.250. The molecule has 2 aromatic heterocycles. The second-order valence-corrected chi connectivity index (χ2v) is 4.21. The fourth-order valence-corrected chi connectivity index (χ4v) is 1.82. The standard InChI is InChI=1S/C12H12ClN3O/c1-16-8-9(6-15-16)2-3-12(17)10-4-5-14-7-11(10)13/h4-8H,2-3H2,1H3. The largest absolute Gasteiger partial charge is 0.294 e. The van der Waals surface area contributed by atoms with Gasteiger partial charge >= 0.3 is 0 Å². The van der Waals surface area contributed by atoms with Crippen molar-refractivity contribution in [2.75, 3.05) is 0 Å². The normalized spacial score (nSPS) is 10.5. The third kappa shape index (κ3) is 2.91. The van der Waals surface area contributed by atoms with Gasteiger partial charge in [-0.1, -0.05) is 11.6 Å². The van der Waals surface area contributed by atoms with Gasteiger partial charge in [0.05, 0.1) is 11.2 Å². The van der Waals surface area contributed by atoms with Crippen molar-refractivity contribution in [3.8, 4) is 0 Å². The second-order valence-electron chi connectivity index (χ2n) is 3.80. The number of aryl methyl sites for hydroxylation is 2. The van der Waals surface area contributed by atoms with E-state index in [0.29, 0.717) is 23.4 Å². The van der Waals surface area contributed by atoms with Crippen molar-refractivity contribution in [2.45, 2.75) is 12.8 Å². The molecule has 2 rings (SSSR count). The first-order valence-corrected chi connectivity index (χ1v) is 5.65. The molecule has 2 heterocycles. The van der Waals surface area contributed by atoms with Crippen molar-refractivity contribution in [1.29, 1.82) is 0 Å². The molecule has 0 unspecified atom stereocenters. The number of aromatic nitrogens is 3. The molecule has 5 heteroatoms. The van der Waals surface area contributed by atoms with Crippen LogP contribution in [0.5, 0.6) is 0 Å². The summed E-state index contributed by atoms with van der Waals surface area (Å²) in [6.45, 7) is 0. The van der Waals surface area contributed by atoms with E-state index in [2.05, 4.69) is 10.1 Å². The third-order valence-electron chi connectivity index (χ3n) is 2.47. The van der Waals surface area contributed by atoms with Gasteiger partial charge in [-0.15, -0.1) is 0 Å². The van der Waals surface area contributed by atoms with Crippen molar-refractivity contribution >= 4 is 17.4 Å². The zero-order valence-corrected chi connectivity index (χ0v) is 10.2. The number of halogens is 1. The highest BCUT2D eigenvalue weighted by Gasteiger charge is 2.10. The highest BCUT2D eigenvalue weighted by molar-refractivity contribution is 6.33. The number of nitrogens with zero attached hydrogens (tertiary/aromatic N) is 3. The maximum absolute atomic E-state index is 11.9. The van der Waals surface area contributed by atoms with Crippen LogP contribution in [-0.4, -0.2) is 20.5 Å². The van der Waals surface area contributed by atoms with Crippen LogP contribution in [0.1, 0.15) is 22.3 Å². The number of hydrogen-bond donors (Lipinski definition) is 0. The number of carbonyl (C=O) groups excluding carboxylic acids is 1. The summed E-state index contributed by atoms with van der Waals surface area (Å²) in [4.78, 5) is 15.8. The van der Waals surface area contributed by atoms with E-state index in [0.717, 1.165) is 5.56 Å². The highest BCUT2D eigenvalue weighted by Crippen LogP contribution is 2.16. The summed E-state index contributed by atoms with van der Waals surface area (Å²) in [6.07, 6.45) is 7.83. The van der Waals surface area contributed by atoms with E-state index in [-0.39, 0.29) is 5.78 Å². The van der Waals surface area contributed by atoms with Gasteiger partial charge in [0.1, 0.15) is 0 Å². The first kappa shape index (κ1) is 11.8. The Morgan fingerprint density at radius 2 is 2.29 bits per heavy atom. The van der Waals surface area contributed by atoms with Gasteiger partial charge in [0.15, 0.2) is 5.78 Å². The molecule has 0 aromatic carbocycles. The number of ketones is 1. The summed E-state index contributed by atoms with van der Waals surface area (Å²) < 4.78 is 1.72. The van der Waals surface area contributed by atoms with E-state index in [9.17, 15) is 4.79 Å². The van der Waals surface area contributed by atoms with Crippen LogP contribution in [0, 0.1) is 0 Å². The predicted octanol–water partition coefficient (Wildman–Crippen LogP) is 2.28. The van der Waals surface area contributed by atoms with Crippen LogP contribution in [0.2, 0.25) is 5.02 Å². The maximum atomic E-state index is 11.9. The summed E-state index contributed by atoms with van der Waals surface area (Å²) in [6, 6.07) is 1.65. The van der Waals surface area contributed by atoms with Crippen molar-refractivity contribution in [3.63, 3.8) is 0 Å². The van der Waals surface area contributed by atoms with Crippen molar-refractivity contribution in [3.05, 3.63) is 47.0 Å². The van der Waals surface area contributed by atoms with Crippen molar-refractivity contribution in [2.24, 2.45) is 7.05 Å². The van der Waals surface area contributed by atoms with Crippen LogP contribution in [0.4, 0.5) is 0 Å². The summed E-state index contributed by atoms with van der Waals surface area (Å²) >= 11 is 5.91. The molecule has 0 amide bonds. The van der Waals surface area contributed by atoms with Gasteiger partial charge in [-0.2, -0.15) is 5.10 Å². The van der Waals surface area contributed by atoms with E-state index in [1.165, 1.54) is 6.20 Å². The molecule has 0 aliphatic carbocycles. The molecule has 0 aliphatic heterocycles. The predicted molar refractivity (Wildman–Crippen MR) is 65.1 cm³/mol. The molecule has 88 valence electrons. The molecular weight excluding hydrogens is 238 g/mol. The monoisotopic (exact) mass is 249 g/mol. The Morgan fingerprint density at radius 3 is 2.94 bits per heavy atom. The molecule has 2 aromatic rings. The molecule has 0 spiro atoms. The zero-order chi connectivity index (χ0) is 12.3. The first-order valence-electron chi connectivity index (χ1n) is 5.27. The number of pyridine rings is 1. The lowest BCUT2D eigenvalue weighted by Gasteiger charge is -2.01. The molecule has 0 saturated heterocycles. The van der Waals surface area contributed by atoms with Crippen molar-refractivity contribution in [1.82, 2.24) is 14.8 Å². The van der Waals surface area contributed by atoms with Crippen LogP contribution < -0.4 is 0 Å². The molecule has 0 N–H and O–H groups in total. The molecule has 17 heavy (non-hydrogen) atoms. The van der Waals surface area contributed by atoms with E-state index in [1.54, 1.807) is 23.1 Å². The maximum Gasteiger partial charge on any atom is 0.164 e. The molecule has 0 fully saturated rings. The molecular formula is C12H12ClN3O. The van der Waals surface area contributed by atoms with Gasteiger partial charge in [-0.05, 0) is 18.1 Å². The second kappa shape index (κ2) is 5.10. The van der Waals surface area contributed by atoms with Gasteiger partial charge in [0.2, 0.25) is 0 Å². The minimum atomic E-state index is 0.0289. The van der Waals surface area contributed by atoms with Crippen LogP contribution in [0.15, 0.2) is 30.9 Å². The molecule has 0 bridgehead atoms. The average molecular weight is 250 g/mol. The number of hydrogen-bond acceptors (Lipinski definition) is 3. The van der Waals surface area contributed by atoms with E-state index >= 15 is 0 Å². The zero-order valence-electron chi connectivity index (χ0n) is 9.43. The molecule has 0 radical (unpaired) electrons. The minimum absolute atomic E-state index is 0.0289. The lowest BCUT2D eigenvalue weighted by Crippen LogP contribution is -2.02. The Kier molecular flexibility index (Phi) is 3.54. The lowest BCUT2D eigenvalue weighted by molar-refractivity contribution is 0.0983. The highest BCUT2D eigenvalue weighted by atomic mass is 35.5. The molecule has 0 saturated carbocycles. The quantitative estimate of drug-likeness (QED) is 0.781. The van der Waals surface area contributed by atoms with E-state index in [4.69, 9.17) is 11.6 Å². The lowest BCUT2D eigenvalue weighted by atomic mass is 10.1. The molecule has 0 aliphatic rings. The van der Waals surface area contributed by atoms with E-state index < -0.39 is 0 Å². The Bertz CT molecular complexity index is 536. The smallest absolute Gasteiger partial charge is 0.164 e. The van der Waals surface area contributed by atoms with Gasteiger partial charge in [-0.3, -0.25) is 14.5 Å². The van der Waals surface area contributed by atoms with Gasteiger partial charge < -0.3 is 0 Å². The van der Waals surface area contributed by atoms with Gasteiger partial charge in [0.25, 0.3) is 0 Å². The Hall–Kier alpha value is -1.68. The number of carbonyl (C=O) groups is 1. The van der Waals surface area contributed by atoms with Crippen LogP contribution in [0.3, 0.4) is 0 Å². The Labute approximate surface area is 104 Å². The van der Waals surface area contributed by atoms with Crippen LogP contribution >= 0.6 is 11.6 Å². The molecule has 4 nitrogen and oxygen atoms in total. The summed E-state index contributed by atoms with van der Waals surface area (Å²) in [5.74, 6) is 0.0289. The van der Waals surface area contributed by atoms with E-state index in [1.807, 2.05) is 13.2 Å².